The molecule has 0 unspecified atom stereocenters. The van der Waals surface area contributed by atoms with Crippen molar-refractivity contribution in [2.45, 2.75) is 25.6 Å². The van der Waals surface area contributed by atoms with Crippen molar-refractivity contribution < 1.29 is 23.1 Å². The average Bonchev–Trinajstić information content (AvgIpc) is 2.84. The van der Waals surface area contributed by atoms with Crippen LogP contribution in [0.25, 0.3) is 11.0 Å². The maximum atomic E-state index is 13.2. The molecule has 1 fully saturated rings. The number of alkyl halides is 3. The molecule has 0 spiro atoms. The van der Waals surface area contributed by atoms with Gasteiger partial charge in [0.25, 0.3) is 5.56 Å². The van der Waals surface area contributed by atoms with Crippen molar-refractivity contribution in [1.29, 1.82) is 0 Å². The molecule has 1 aromatic heterocycles. The van der Waals surface area contributed by atoms with Crippen molar-refractivity contribution in [3.05, 3.63) is 76.7 Å². The molecule has 1 aliphatic heterocycles. The van der Waals surface area contributed by atoms with Gasteiger partial charge in [-0.1, -0.05) is 18.2 Å². The maximum Gasteiger partial charge on any atom is 0.416 e. The molecule has 2 aromatic carbocycles. The number of phenolic OH excluding ortho intramolecular Hbond substituents is 1. The van der Waals surface area contributed by atoms with Gasteiger partial charge in [0.05, 0.1) is 22.3 Å². The lowest BCUT2D eigenvalue weighted by atomic mass is 10.1. The lowest BCUT2D eigenvalue weighted by Gasteiger charge is -2.36. The fourth-order valence-corrected chi connectivity index (χ4v) is 4.26. The van der Waals surface area contributed by atoms with Crippen molar-refractivity contribution >= 4 is 22.6 Å². The fraction of sp³-hybridized carbons (Fsp3) is 0.320. The van der Waals surface area contributed by atoms with Crippen LogP contribution in [-0.4, -0.2) is 51.6 Å². The molecule has 1 amide bonds. The first-order chi connectivity index (χ1) is 16.7. The minimum absolute atomic E-state index is 0.0113. The second-order valence-electron chi connectivity index (χ2n) is 8.32. The number of allylic oxidation sites excluding steroid dienone is 1. The van der Waals surface area contributed by atoms with Crippen molar-refractivity contribution in [1.82, 2.24) is 14.5 Å². The second-order valence-corrected chi connectivity index (χ2v) is 8.32. The van der Waals surface area contributed by atoms with E-state index in [-0.39, 0.29) is 47.8 Å². The smallest absolute Gasteiger partial charge is 0.416 e. The number of phenols is 1. The molecule has 1 aliphatic rings. The second kappa shape index (κ2) is 9.81. The van der Waals surface area contributed by atoms with E-state index in [9.17, 15) is 27.9 Å². The molecular formula is C25H25F3N4O3. The fourth-order valence-electron chi connectivity index (χ4n) is 4.26. The Hall–Kier alpha value is -3.82. The van der Waals surface area contributed by atoms with Crippen LogP contribution in [0.15, 0.2) is 59.9 Å². The largest absolute Gasteiger partial charge is 0.506 e. The van der Waals surface area contributed by atoms with Gasteiger partial charge in [0.1, 0.15) is 11.4 Å². The van der Waals surface area contributed by atoms with E-state index in [1.54, 1.807) is 17.0 Å². The lowest BCUT2D eigenvalue weighted by Crippen LogP contribution is -2.49. The summed E-state index contributed by atoms with van der Waals surface area (Å²) in [5.74, 6) is 0.0154. The van der Waals surface area contributed by atoms with Crippen LogP contribution < -0.4 is 10.5 Å². The summed E-state index contributed by atoms with van der Waals surface area (Å²) in [6, 6.07) is 10.1. The van der Waals surface area contributed by atoms with Gasteiger partial charge in [0, 0.05) is 45.6 Å². The predicted octanol–water partition coefficient (Wildman–Crippen LogP) is 3.59. The molecule has 0 bridgehead atoms. The highest BCUT2D eigenvalue weighted by Crippen LogP contribution is 2.31. The molecule has 0 saturated carbocycles. The summed E-state index contributed by atoms with van der Waals surface area (Å²) in [7, 11) is 0. The number of halogens is 3. The zero-order valence-electron chi connectivity index (χ0n) is 19.0. The highest BCUT2D eigenvalue weighted by Gasteiger charge is 2.31. The van der Waals surface area contributed by atoms with E-state index >= 15 is 0 Å². The van der Waals surface area contributed by atoms with Crippen LogP contribution in [0, 0.1) is 0 Å². The Morgan fingerprint density at radius 3 is 2.49 bits per heavy atom. The van der Waals surface area contributed by atoms with Gasteiger partial charge >= 0.3 is 6.18 Å². The highest BCUT2D eigenvalue weighted by atomic mass is 19.4. The van der Waals surface area contributed by atoms with E-state index in [1.807, 2.05) is 17.0 Å². The van der Waals surface area contributed by atoms with Gasteiger partial charge in [-0.3, -0.25) is 9.59 Å². The van der Waals surface area contributed by atoms with Gasteiger partial charge in [-0.2, -0.15) is 13.2 Å². The number of para-hydroxylation sites is 2. The number of aromatic nitrogens is 2. The van der Waals surface area contributed by atoms with Gasteiger partial charge in [-0.25, -0.2) is 4.98 Å². The summed E-state index contributed by atoms with van der Waals surface area (Å²) in [5.41, 5.74) is -0.237. The van der Waals surface area contributed by atoms with Crippen LogP contribution in [0.2, 0.25) is 0 Å². The molecular weight excluding hydrogens is 461 g/mol. The van der Waals surface area contributed by atoms with Gasteiger partial charge < -0.3 is 19.5 Å². The first-order valence-corrected chi connectivity index (χ1v) is 11.2. The number of benzene rings is 2. The number of aryl methyl sites for hydroxylation is 1. The third-order valence-electron chi connectivity index (χ3n) is 6.08. The van der Waals surface area contributed by atoms with Gasteiger partial charge in [0.2, 0.25) is 5.91 Å². The van der Waals surface area contributed by atoms with Gasteiger partial charge in [0.15, 0.2) is 0 Å². The number of carbonyl (C=O) groups excluding carboxylic acids is 1. The van der Waals surface area contributed by atoms with Crippen LogP contribution in [0.1, 0.15) is 17.7 Å². The number of aromatic hydroxyl groups is 1. The molecule has 1 N–H and O–H groups in total. The molecule has 1 saturated heterocycles. The van der Waals surface area contributed by atoms with E-state index < -0.39 is 17.3 Å². The van der Waals surface area contributed by atoms with E-state index in [1.165, 1.54) is 16.7 Å². The van der Waals surface area contributed by atoms with Crippen molar-refractivity contribution in [2.75, 3.05) is 31.1 Å². The van der Waals surface area contributed by atoms with Crippen LogP contribution in [0.4, 0.5) is 18.9 Å². The number of hydrogen-bond acceptors (Lipinski definition) is 5. The van der Waals surface area contributed by atoms with Crippen molar-refractivity contribution in [3.63, 3.8) is 0 Å². The molecule has 10 heteroatoms. The quantitative estimate of drug-likeness (QED) is 0.539. The molecule has 7 nitrogen and oxygen atoms in total. The van der Waals surface area contributed by atoms with E-state index in [0.717, 1.165) is 12.1 Å². The summed E-state index contributed by atoms with van der Waals surface area (Å²) < 4.78 is 40.9. The number of carbonyl (C=O) groups is 1. The molecule has 35 heavy (non-hydrogen) atoms. The van der Waals surface area contributed by atoms with E-state index in [2.05, 4.69) is 11.6 Å². The number of amides is 1. The van der Waals surface area contributed by atoms with Gasteiger partial charge in [-0.05, 0) is 30.3 Å². The topological polar surface area (TPSA) is 78.7 Å². The summed E-state index contributed by atoms with van der Waals surface area (Å²) in [4.78, 5) is 33.6. The van der Waals surface area contributed by atoms with E-state index in [0.29, 0.717) is 31.9 Å². The summed E-state index contributed by atoms with van der Waals surface area (Å²) in [6.07, 6.45) is -3.03. The Morgan fingerprint density at radius 2 is 1.83 bits per heavy atom. The molecule has 2 heterocycles. The number of rotatable bonds is 6. The standard InChI is InChI=1S/C25H25F3N4O3/c1-2-11-32-20-9-7-17(25(26,27)28)16-19(20)29-18(24(32)35)8-10-23(34)31-14-12-30(13-15-31)21-5-3-4-6-22(21)33/h2-7,9,16,33H,1,8,10-15H2. The number of nitrogens with zero attached hydrogens (tertiary/aromatic N) is 4. The molecule has 184 valence electrons. The van der Waals surface area contributed by atoms with Crippen molar-refractivity contribution in [2.24, 2.45) is 0 Å². The van der Waals surface area contributed by atoms with Crippen LogP contribution in [0.3, 0.4) is 0 Å². The summed E-state index contributed by atoms with van der Waals surface area (Å²) >= 11 is 0. The number of piperazine rings is 1. The predicted molar refractivity (Wildman–Crippen MR) is 126 cm³/mol. The Kier molecular flexibility index (Phi) is 6.81. The SMILES string of the molecule is C=CCn1c(=O)c(CCC(=O)N2CCN(c3ccccc3O)CC2)nc2cc(C(F)(F)F)ccc21. The Balaban J connectivity index is 1.49. The normalized spacial score (nSPS) is 14.4. The minimum Gasteiger partial charge on any atom is -0.506 e. The third-order valence-corrected chi connectivity index (χ3v) is 6.08. The highest BCUT2D eigenvalue weighted by molar-refractivity contribution is 5.78. The summed E-state index contributed by atoms with van der Waals surface area (Å²) in [5, 5.41) is 10.0. The molecule has 0 atom stereocenters. The molecule has 4 rings (SSSR count). The maximum absolute atomic E-state index is 13.2. The average molecular weight is 486 g/mol. The minimum atomic E-state index is -4.54. The van der Waals surface area contributed by atoms with Crippen LogP contribution in [0.5, 0.6) is 5.75 Å². The Morgan fingerprint density at radius 1 is 1.11 bits per heavy atom. The van der Waals surface area contributed by atoms with E-state index in [4.69, 9.17) is 0 Å². The van der Waals surface area contributed by atoms with Crippen LogP contribution >= 0.6 is 0 Å². The number of fused-ring (bicyclic) bond motifs is 1. The third kappa shape index (κ3) is 5.16. The Bertz CT molecular complexity index is 1310. The van der Waals surface area contributed by atoms with Crippen molar-refractivity contribution in [3.8, 4) is 5.75 Å². The molecule has 3 aromatic rings. The lowest BCUT2D eigenvalue weighted by molar-refractivity contribution is -0.137. The zero-order valence-corrected chi connectivity index (χ0v) is 19.0. The molecule has 0 radical (unpaired) electrons. The van der Waals surface area contributed by atoms with Crippen LogP contribution in [-0.2, 0) is 23.9 Å². The molecule has 0 aliphatic carbocycles. The van der Waals surface area contributed by atoms with Gasteiger partial charge in [-0.15, -0.1) is 6.58 Å². The Labute approximate surface area is 199 Å². The number of hydrogen-bond donors (Lipinski definition) is 1. The summed E-state index contributed by atoms with van der Waals surface area (Å²) in [6.45, 7) is 5.72. The first-order valence-electron chi connectivity index (χ1n) is 11.2. The zero-order chi connectivity index (χ0) is 25.2. The first kappa shape index (κ1) is 24.3. The monoisotopic (exact) mass is 486 g/mol. The number of anilines is 1.